The van der Waals surface area contributed by atoms with Gasteiger partial charge >= 0.3 is 0 Å². The van der Waals surface area contributed by atoms with E-state index >= 15 is 0 Å². The zero-order chi connectivity index (χ0) is 9.86. The molecule has 0 aromatic rings. The van der Waals surface area contributed by atoms with E-state index in [1.54, 1.807) is 0 Å². The van der Waals surface area contributed by atoms with Gasteiger partial charge in [0.05, 0.1) is 11.7 Å². The van der Waals surface area contributed by atoms with Gasteiger partial charge in [0.1, 0.15) is 0 Å². The summed E-state index contributed by atoms with van der Waals surface area (Å²) in [4.78, 5) is 5.52. The molecule has 0 atom stereocenters. The molecule has 82 valence electrons. The van der Waals surface area contributed by atoms with Crippen molar-refractivity contribution >= 4 is 0 Å². The largest absolute Gasteiger partial charge is 0.388 e. The lowest BCUT2D eigenvalue weighted by molar-refractivity contribution is -0.0623. The van der Waals surface area contributed by atoms with Gasteiger partial charge in [0.2, 0.25) is 0 Å². The van der Waals surface area contributed by atoms with Crippen molar-refractivity contribution in [2.45, 2.75) is 63.1 Å². The van der Waals surface area contributed by atoms with Gasteiger partial charge < -0.3 is 5.11 Å². The zero-order valence-electron chi connectivity index (χ0n) is 8.80. The Bertz CT molecular complexity index is 172. The Morgan fingerprint density at radius 3 is 2.43 bits per heavy atom. The molecule has 2 aliphatic carbocycles. The molecule has 2 N–H and O–H groups in total. The normalized spacial score (nSPS) is 27.2. The molecule has 14 heavy (non-hydrogen) atoms. The molecule has 0 saturated heterocycles. The molecule has 0 aromatic carbocycles. The number of hydroxylamine groups is 1. The van der Waals surface area contributed by atoms with E-state index in [4.69, 9.17) is 4.84 Å². The van der Waals surface area contributed by atoms with Crippen LogP contribution in [0, 0.1) is 0 Å². The molecule has 3 heteroatoms. The molecule has 2 rings (SSSR count). The minimum absolute atomic E-state index is 0.389. The summed E-state index contributed by atoms with van der Waals surface area (Å²) in [6, 6.07) is 0. The Kier molecular flexibility index (Phi) is 3.42. The van der Waals surface area contributed by atoms with Crippen molar-refractivity contribution in [3.8, 4) is 0 Å². The van der Waals surface area contributed by atoms with E-state index in [0.29, 0.717) is 12.6 Å². The highest BCUT2D eigenvalue weighted by Gasteiger charge is 2.31. The molecule has 2 aliphatic rings. The Morgan fingerprint density at radius 2 is 1.79 bits per heavy atom. The van der Waals surface area contributed by atoms with Crippen LogP contribution in [0.5, 0.6) is 0 Å². The summed E-state index contributed by atoms with van der Waals surface area (Å²) >= 11 is 0. The van der Waals surface area contributed by atoms with Gasteiger partial charge in [0.25, 0.3) is 0 Å². The predicted octanol–water partition coefficient (Wildman–Crippen LogP) is 1.76. The second-order valence-corrected chi connectivity index (χ2v) is 4.78. The first-order valence-corrected chi connectivity index (χ1v) is 5.89. The van der Waals surface area contributed by atoms with Gasteiger partial charge in [-0.05, 0) is 25.7 Å². The summed E-state index contributed by atoms with van der Waals surface area (Å²) in [6.07, 6.45) is 9.47. The lowest BCUT2D eigenvalue weighted by atomic mass is 10.0. The van der Waals surface area contributed by atoms with Crippen LogP contribution in [-0.2, 0) is 4.84 Å². The van der Waals surface area contributed by atoms with Gasteiger partial charge in [-0.25, -0.2) is 0 Å². The van der Waals surface area contributed by atoms with Crippen LogP contribution >= 0.6 is 0 Å². The van der Waals surface area contributed by atoms with Gasteiger partial charge in [-0.1, -0.05) is 25.7 Å². The first-order chi connectivity index (χ1) is 6.79. The van der Waals surface area contributed by atoms with E-state index in [1.165, 1.54) is 25.7 Å². The molecule has 0 aromatic heterocycles. The molecule has 0 amide bonds. The molecule has 0 aliphatic heterocycles. The second-order valence-electron chi connectivity index (χ2n) is 4.78. The molecule has 3 nitrogen and oxygen atoms in total. The summed E-state index contributed by atoms with van der Waals surface area (Å²) < 4.78 is 0. The highest BCUT2D eigenvalue weighted by atomic mass is 16.7. The predicted molar refractivity (Wildman–Crippen MR) is 54.8 cm³/mol. The van der Waals surface area contributed by atoms with Crippen molar-refractivity contribution in [1.29, 1.82) is 0 Å². The third-order valence-electron chi connectivity index (χ3n) is 3.49. The van der Waals surface area contributed by atoms with Crippen LogP contribution in [-0.4, -0.2) is 23.4 Å². The van der Waals surface area contributed by atoms with E-state index in [2.05, 4.69) is 5.48 Å². The van der Waals surface area contributed by atoms with Crippen molar-refractivity contribution in [1.82, 2.24) is 5.48 Å². The summed E-state index contributed by atoms with van der Waals surface area (Å²) in [5.41, 5.74) is 2.47. The average molecular weight is 199 g/mol. The first kappa shape index (κ1) is 10.4. The summed E-state index contributed by atoms with van der Waals surface area (Å²) in [5, 5.41) is 10.0. The average Bonchev–Trinajstić information content (AvgIpc) is 2.77. The van der Waals surface area contributed by atoms with Crippen molar-refractivity contribution in [3.05, 3.63) is 0 Å². The van der Waals surface area contributed by atoms with Crippen LogP contribution in [0.25, 0.3) is 0 Å². The summed E-state index contributed by atoms with van der Waals surface area (Å²) in [7, 11) is 0. The van der Waals surface area contributed by atoms with Crippen LogP contribution in [0.3, 0.4) is 0 Å². The summed E-state index contributed by atoms with van der Waals surface area (Å²) in [6.45, 7) is 0.601. The van der Waals surface area contributed by atoms with Crippen LogP contribution in [0.4, 0.5) is 0 Å². The fourth-order valence-corrected chi connectivity index (χ4v) is 2.51. The quantitative estimate of drug-likeness (QED) is 0.678. The number of hydrogen-bond donors (Lipinski definition) is 2. The lowest BCUT2D eigenvalue weighted by Crippen LogP contribution is -2.39. The van der Waals surface area contributed by atoms with Crippen LogP contribution in [0.15, 0.2) is 0 Å². The molecule has 2 fully saturated rings. The zero-order valence-corrected chi connectivity index (χ0v) is 8.80. The first-order valence-electron chi connectivity index (χ1n) is 5.89. The molecular weight excluding hydrogens is 178 g/mol. The fraction of sp³-hybridized carbons (Fsp3) is 1.00. The number of rotatable bonds is 4. The van der Waals surface area contributed by atoms with Crippen molar-refractivity contribution in [2.75, 3.05) is 6.54 Å². The maximum atomic E-state index is 10.0. The Hall–Kier alpha value is -0.120. The number of aliphatic hydroxyl groups is 1. The molecule has 0 unspecified atom stereocenters. The topological polar surface area (TPSA) is 41.5 Å². The standard InChI is InChI=1S/C11H21NO2/c13-11(7-3-4-8-11)9-12-14-10-5-1-2-6-10/h10,12-13H,1-9H2. The van der Waals surface area contributed by atoms with Crippen LogP contribution in [0.2, 0.25) is 0 Å². The third-order valence-corrected chi connectivity index (χ3v) is 3.49. The third kappa shape index (κ3) is 2.69. The number of hydrogen-bond acceptors (Lipinski definition) is 3. The monoisotopic (exact) mass is 199 g/mol. The van der Waals surface area contributed by atoms with E-state index in [9.17, 15) is 5.11 Å². The van der Waals surface area contributed by atoms with Crippen molar-refractivity contribution in [3.63, 3.8) is 0 Å². The van der Waals surface area contributed by atoms with Crippen LogP contribution in [0.1, 0.15) is 51.4 Å². The van der Waals surface area contributed by atoms with Gasteiger partial charge in [0.15, 0.2) is 0 Å². The van der Waals surface area contributed by atoms with E-state index in [1.807, 2.05) is 0 Å². The van der Waals surface area contributed by atoms with E-state index in [-0.39, 0.29) is 0 Å². The lowest BCUT2D eigenvalue weighted by Gasteiger charge is -2.23. The smallest absolute Gasteiger partial charge is 0.0794 e. The Balaban J connectivity index is 1.61. The number of nitrogens with one attached hydrogen (secondary N) is 1. The van der Waals surface area contributed by atoms with Crippen molar-refractivity contribution < 1.29 is 9.94 Å². The molecule has 0 radical (unpaired) electrons. The van der Waals surface area contributed by atoms with Gasteiger partial charge in [-0.15, -0.1) is 0 Å². The van der Waals surface area contributed by atoms with E-state index in [0.717, 1.165) is 25.7 Å². The Morgan fingerprint density at radius 1 is 1.14 bits per heavy atom. The molecule has 0 heterocycles. The van der Waals surface area contributed by atoms with Gasteiger partial charge in [-0.2, -0.15) is 5.48 Å². The fourth-order valence-electron chi connectivity index (χ4n) is 2.51. The molecule has 2 saturated carbocycles. The summed E-state index contributed by atoms with van der Waals surface area (Å²) in [5.74, 6) is 0. The highest BCUT2D eigenvalue weighted by Crippen LogP contribution is 2.28. The molecule has 0 spiro atoms. The SMILES string of the molecule is OC1(CNOC2CCCC2)CCCC1. The maximum absolute atomic E-state index is 10.0. The van der Waals surface area contributed by atoms with Crippen molar-refractivity contribution in [2.24, 2.45) is 0 Å². The van der Waals surface area contributed by atoms with Gasteiger partial charge in [0, 0.05) is 6.54 Å². The maximum Gasteiger partial charge on any atom is 0.0794 e. The Labute approximate surface area is 85.8 Å². The second kappa shape index (κ2) is 4.60. The minimum atomic E-state index is -0.487. The highest BCUT2D eigenvalue weighted by molar-refractivity contribution is 4.85. The van der Waals surface area contributed by atoms with E-state index < -0.39 is 5.60 Å². The molecule has 0 bridgehead atoms. The van der Waals surface area contributed by atoms with Gasteiger partial charge in [-0.3, -0.25) is 4.84 Å². The van der Waals surface area contributed by atoms with Crippen LogP contribution < -0.4 is 5.48 Å². The minimum Gasteiger partial charge on any atom is -0.388 e. The molecular formula is C11H21NO2.